The maximum Gasteiger partial charge on any atom is 0.280 e. The van der Waals surface area contributed by atoms with Crippen LogP contribution in [0.4, 0.5) is 0 Å². The lowest BCUT2D eigenvalue weighted by Crippen LogP contribution is -2.54. The Morgan fingerprint density at radius 3 is 2.58 bits per heavy atom. The summed E-state index contributed by atoms with van der Waals surface area (Å²) in [5.41, 5.74) is 1.10. The maximum atomic E-state index is 12.8. The van der Waals surface area contributed by atoms with Crippen molar-refractivity contribution in [1.29, 1.82) is 0 Å². The lowest BCUT2D eigenvalue weighted by molar-refractivity contribution is 0.0951. The van der Waals surface area contributed by atoms with Crippen molar-refractivity contribution in [3.8, 4) is 0 Å². The van der Waals surface area contributed by atoms with Crippen LogP contribution < -0.4 is 4.72 Å². The second-order valence-electron chi connectivity index (χ2n) is 6.34. The molecule has 1 atom stereocenters. The third kappa shape index (κ3) is 4.55. The summed E-state index contributed by atoms with van der Waals surface area (Å²) in [7, 11) is -1.82. The zero-order valence-electron chi connectivity index (χ0n) is 14.6. The number of aromatic amines is 1. The van der Waals surface area contributed by atoms with Crippen molar-refractivity contribution in [3.63, 3.8) is 0 Å². The lowest BCUT2D eigenvalue weighted by atomic mass is 10.0. The van der Waals surface area contributed by atoms with Crippen molar-refractivity contribution < 1.29 is 13.2 Å². The molecule has 8 nitrogen and oxygen atoms in total. The van der Waals surface area contributed by atoms with Crippen molar-refractivity contribution in [2.45, 2.75) is 12.5 Å². The highest BCUT2D eigenvalue weighted by atomic mass is 32.2. The summed E-state index contributed by atoms with van der Waals surface area (Å²) in [4.78, 5) is 14.8. The third-order valence-electron chi connectivity index (χ3n) is 4.41. The molecule has 1 radical (unpaired) electrons. The number of carbonyl (C=O) groups is 1. The Morgan fingerprint density at radius 1 is 1.27 bits per heavy atom. The molecule has 2 N–H and O–H groups in total. The topological polar surface area (TPSA) is 98.4 Å². The summed E-state index contributed by atoms with van der Waals surface area (Å²) in [6.45, 7) is 2.12. The molecule has 1 aliphatic rings. The number of rotatable bonds is 7. The summed E-state index contributed by atoms with van der Waals surface area (Å²) in [5, 5.41) is 6.20. The van der Waals surface area contributed by atoms with E-state index in [1.165, 1.54) is 10.5 Å². The first-order chi connectivity index (χ1) is 12.5. The van der Waals surface area contributed by atoms with E-state index in [-0.39, 0.29) is 17.8 Å². The molecule has 0 bridgehead atoms. The van der Waals surface area contributed by atoms with Crippen molar-refractivity contribution >= 4 is 16.0 Å². The van der Waals surface area contributed by atoms with Gasteiger partial charge in [-0.25, -0.2) is 0 Å². The van der Waals surface area contributed by atoms with Gasteiger partial charge in [0.1, 0.15) is 6.20 Å². The van der Waals surface area contributed by atoms with Gasteiger partial charge >= 0.3 is 0 Å². The number of carbonyl (C=O) groups excluding carboxylic acids is 1. The molecule has 0 saturated carbocycles. The fourth-order valence-corrected chi connectivity index (χ4v) is 4.20. The zero-order chi connectivity index (χ0) is 18.6. The number of nitrogens with one attached hydrogen (secondary N) is 2. The quantitative estimate of drug-likeness (QED) is 0.667. The monoisotopic (exact) mass is 376 g/mol. The lowest BCUT2D eigenvalue weighted by Gasteiger charge is -2.32. The highest BCUT2D eigenvalue weighted by Gasteiger charge is 2.31. The minimum atomic E-state index is -3.77. The van der Waals surface area contributed by atoms with Crippen molar-refractivity contribution in [1.82, 2.24) is 24.1 Å². The van der Waals surface area contributed by atoms with E-state index in [0.29, 0.717) is 26.2 Å². The molecule has 139 valence electrons. The number of Topliss-reactive ketones (excluding diaryl/α,β-unsaturated/α-hetero) is 1. The average molecular weight is 376 g/mol. The predicted molar refractivity (Wildman–Crippen MR) is 96.8 cm³/mol. The van der Waals surface area contributed by atoms with Crippen LogP contribution in [0.15, 0.2) is 36.5 Å². The van der Waals surface area contributed by atoms with Crippen LogP contribution in [0.3, 0.4) is 0 Å². The molecule has 2 aromatic rings. The number of hydrogen-bond donors (Lipinski definition) is 2. The summed E-state index contributed by atoms with van der Waals surface area (Å²) < 4.78 is 29.5. The summed E-state index contributed by atoms with van der Waals surface area (Å²) in [5.74, 6) is -0.361. The van der Waals surface area contributed by atoms with E-state index in [0.717, 1.165) is 5.56 Å². The fraction of sp³-hybridized carbons (Fsp3) is 0.412. The van der Waals surface area contributed by atoms with Crippen LogP contribution in [0.2, 0.25) is 0 Å². The Bertz CT molecular complexity index is 815. The van der Waals surface area contributed by atoms with Crippen molar-refractivity contribution in [2.24, 2.45) is 0 Å². The number of nitrogens with zero attached hydrogens (tertiary/aromatic N) is 3. The van der Waals surface area contributed by atoms with Crippen LogP contribution in [-0.4, -0.2) is 72.9 Å². The van der Waals surface area contributed by atoms with Gasteiger partial charge in [0.15, 0.2) is 5.78 Å². The van der Waals surface area contributed by atoms with E-state index in [1.807, 2.05) is 37.4 Å². The third-order valence-corrected chi connectivity index (χ3v) is 6.04. The largest absolute Gasteiger partial charge is 0.304 e. The van der Waals surface area contributed by atoms with E-state index in [9.17, 15) is 13.2 Å². The molecule has 1 saturated heterocycles. The smallest absolute Gasteiger partial charge is 0.280 e. The molecule has 2 heterocycles. The van der Waals surface area contributed by atoms with E-state index in [1.54, 1.807) is 0 Å². The van der Waals surface area contributed by atoms with Gasteiger partial charge in [-0.3, -0.25) is 9.89 Å². The summed E-state index contributed by atoms with van der Waals surface area (Å²) in [6.07, 6.45) is 4.24. The number of piperazine rings is 1. The first kappa shape index (κ1) is 18.7. The first-order valence-corrected chi connectivity index (χ1v) is 9.85. The molecule has 1 aliphatic heterocycles. The van der Waals surface area contributed by atoms with Crippen LogP contribution in [0.5, 0.6) is 0 Å². The van der Waals surface area contributed by atoms with Gasteiger partial charge in [-0.05, 0) is 19.0 Å². The minimum Gasteiger partial charge on any atom is -0.304 e. The first-order valence-electron chi connectivity index (χ1n) is 8.41. The second kappa shape index (κ2) is 8.09. The predicted octanol–water partition coefficient (Wildman–Crippen LogP) is 0.0857. The van der Waals surface area contributed by atoms with Crippen molar-refractivity contribution in [2.75, 3.05) is 33.2 Å². The molecule has 0 aliphatic carbocycles. The average Bonchev–Trinajstić information content (AvgIpc) is 3.16. The van der Waals surface area contributed by atoms with E-state index in [4.69, 9.17) is 0 Å². The van der Waals surface area contributed by atoms with Crippen molar-refractivity contribution in [3.05, 3.63) is 53.9 Å². The van der Waals surface area contributed by atoms with Gasteiger partial charge in [-0.1, -0.05) is 30.3 Å². The standard InChI is InChI=1S/C17H22N5O3S/c1-21-7-9-22(10-8-21)26(24,25)20-16(11-14-5-3-2-4-6-14)17(23)15-12-18-19-13-15/h2-6,12,16,20H,7-11H2,1H3,(H,18,19)/t16-/m0/s1. The summed E-state index contributed by atoms with van der Waals surface area (Å²) >= 11 is 0. The number of ketones is 1. The van der Waals surface area contributed by atoms with Gasteiger partial charge in [-0.15, -0.1) is 0 Å². The minimum absolute atomic E-state index is 0.229. The molecular weight excluding hydrogens is 354 g/mol. The number of likely N-dealkylation sites (N-methyl/N-ethyl adjacent to an activating group) is 1. The molecule has 1 fully saturated rings. The molecule has 26 heavy (non-hydrogen) atoms. The number of hydrogen-bond acceptors (Lipinski definition) is 5. The zero-order valence-corrected chi connectivity index (χ0v) is 15.4. The Labute approximate surface area is 153 Å². The number of aromatic nitrogens is 2. The molecule has 1 aromatic carbocycles. The Morgan fingerprint density at radius 2 is 1.96 bits per heavy atom. The van der Waals surface area contributed by atoms with E-state index >= 15 is 0 Å². The Kier molecular flexibility index (Phi) is 5.82. The maximum absolute atomic E-state index is 12.8. The van der Waals surface area contributed by atoms with Gasteiger partial charge in [0.05, 0.1) is 11.6 Å². The number of H-pyrrole nitrogens is 1. The molecule has 0 spiro atoms. The van der Waals surface area contributed by atoms with Crippen LogP contribution in [-0.2, 0) is 16.6 Å². The van der Waals surface area contributed by atoms with Gasteiger partial charge in [0.25, 0.3) is 10.2 Å². The molecule has 3 rings (SSSR count). The highest BCUT2D eigenvalue weighted by Crippen LogP contribution is 2.12. The van der Waals surface area contributed by atoms with Gasteiger partial charge < -0.3 is 4.90 Å². The van der Waals surface area contributed by atoms with Gasteiger partial charge in [0.2, 0.25) is 0 Å². The molecule has 0 amide bonds. The van der Waals surface area contributed by atoms with E-state index in [2.05, 4.69) is 26.0 Å². The molecule has 0 unspecified atom stereocenters. The fourth-order valence-electron chi connectivity index (χ4n) is 2.86. The molecule has 9 heteroatoms. The van der Waals surface area contributed by atoms with E-state index < -0.39 is 16.3 Å². The van der Waals surface area contributed by atoms with Gasteiger partial charge in [0, 0.05) is 32.4 Å². The van der Waals surface area contributed by atoms with Crippen LogP contribution >= 0.6 is 0 Å². The normalized spacial score (nSPS) is 17.9. The van der Waals surface area contributed by atoms with Crippen LogP contribution in [0.25, 0.3) is 0 Å². The second-order valence-corrected chi connectivity index (χ2v) is 8.04. The molecule has 1 aromatic heterocycles. The summed E-state index contributed by atoms with van der Waals surface area (Å²) in [6, 6.07) is 8.40. The van der Waals surface area contributed by atoms with Gasteiger partial charge in [-0.2, -0.15) is 22.5 Å². The number of benzene rings is 1. The molecular formula is C17H22N5O3S. The highest BCUT2D eigenvalue weighted by molar-refractivity contribution is 7.87. The van der Waals surface area contributed by atoms with Crippen LogP contribution in [0.1, 0.15) is 15.9 Å². The van der Waals surface area contributed by atoms with Crippen LogP contribution in [0, 0.1) is 6.20 Å². The SMILES string of the molecule is CN1CCN(S(=O)(=O)N[C@@H](Cc2ccccc2)C(=O)c2[c]n[nH]c2)CC1. The Hall–Kier alpha value is -2.07. The Balaban J connectivity index is 1.79.